The predicted molar refractivity (Wildman–Crippen MR) is 116 cm³/mol. The summed E-state index contributed by atoms with van der Waals surface area (Å²) in [7, 11) is 0. The van der Waals surface area contributed by atoms with Gasteiger partial charge in [-0.2, -0.15) is 5.10 Å². The molecule has 0 unspecified atom stereocenters. The van der Waals surface area contributed by atoms with Gasteiger partial charge in [0.25, 0.3) is 5.56 Å². The monoisotopic (exact) mass is 451 g/mol. The van der Waals surface area contributed by atoms with Crippen molar-refractivity contribution >= 4 is 29.3 Å². The molecule has 3 heterocycles. The molecule has 0 radical (unpaired) electrons. The Hall–Kier alpha value is -2.29. The second-order valence-corrected chi connectivity index (χ2v) is 9.22. The zero-order valence-corrected chi connectivity index (χ0v) is 18.4. The van der Waals surface area contributed by atoms with Crippen molar-refractivity contribution in [2.45, 2.75) is 63.5 Å². The maximum Gasteiger partial charge on any atom is 0.407 e. The van der Waals surface area contributed by atoms with Gasteiger partial charge in [0.05, 0.1) is 24.5 Å². The van der Waals surface area contributed by atoms with Gasteiger partial charge >= 0.3 is 6.09 Å². The SMILES string of the molecule is O=C(N[C@@H]1CCN(C(=O)CC2CCCCC2)C1)O[C@@H]1CCN(c2cn[nH]c(=O)c2Cl)C1. The van der Waals surface area contributed by atoms with Gasteiger partial charge < -0.3 is 19.9 Å². The Bertz CT molecular complexity index is 856. The van der Waals surface area contributed by atoms with E-state index in [0.29, 0.717) is 50.6 Å². The van der Waals surface area contributed by atoms with E-state index in [2.05, 4.69) is 15.5 Å². The predicted octanol–water partition coefficient (Wildman–Crippen LogP) is 2.30. The van der Waals surface area contributed by atoms with Crippen LogP contribution < -0.4 is 15.8 Å². The Kier molecular flexibility index (Phi) is 6.99. The van der Waals surface area contributed by atoms with Crippen LogP contribution in [0.25, 0.3) is 0 Å². The number of ether oxygens (including phenoxy) is 1. The molecule has 2 amide bonds. The second-order valence-electron chi connectivity index (χ2n) is 8.84. The minimum absolute atomic E-state index is 0.0772. The summed E-state index contributed by atoms with van der Waals surface area (Å²) >= 11 is 6.06. The number of rotatable bonds is 5. The largest absolute Gasteiger partial charge is 0.444 e. The van der Waals surface area contributed by atoms with E-state index in [1.54, 1.807) is 0 Å². The van der Waals surface area contributed by atoms with Gasteiger partial charge in [-0.15, -0.1) is 0 Å². The summed E-state index contributed by atoms with van der Waals surface area (Å²) < 4.78 is 5.57. The van der Waals surface area contributed by atoms with Crippen LogP contribution in [0.3, 0.4) is 0 Å². The van der Waals surface area contributed by atoms with Crippen molar-refractivity contribution in [1.29, 1.82) is 0 Å². The molecule has 3 fully saturated rings. The van der Waals surface area contributed by atoms with Crippen LogP contribution in [-0.2, 0) is 9.53 Å². The number of aromatic amines is 1. The van der Waals surface area contributed by atoms with Crippen LogP contribution in [-0.4, -0.2) is 65.4 Å². The van der Waals surface area contributed by atoms with Crippen molar-refractivity contribution in [3.63, 3.8) is 0 Å². The van der Waals surface area contributed by atoms with Crippen LogP contribution in [0.4, 0.5) is 10.5 Å². The molecule has 4 rings (SSSR count). The normalized spacial score (nSPS) is 24.4. The van der Waals surface area contributed by atoms with Crippen molar-refractivity contribution in [3.8, 4) is 0 Å². The average Bonchev–Trinajstić information content (AvgIpc) is 3.40. The van der Waals surface area contributed by atoms with E-state index < -0.39 is 11.7 Å². The van der Waals surface area contributed by atoms with Crippen LogP contribution in [0.1, 0.15) is 51.4 Å². The van der Waals surface area contributed by atoms with Gasteiger partial charge in [0, 0.05) is 32.5 Å². The number of alkyl carbamates (subject to hydrolysis) is 1. The Morgan fingerprint density at radius 2 is 1.97 bits per heavy atom. The van der Waals surface area contributed by atoms with Gasteiger partial charge in [0.1, 0.15) is 11.1 Å². The summed E-state index contributed by atoms with van der Waals surface area (Å²) in [6.07, 6.45) is 8.84. The van der Waals surface area contributed by atoms with Crippen molar-refractivity contribution in [2.24, 2.45) is 5.92 Å². The third-order valence-corrected chi connectivity index (χ3v) is 6.95. The van der Waals surface area contributed by atoms with E-state index >= 15 is 0 Å². The summed E-state index contributed by atoms with van der Waals surface area (Å²) in [6.45, 7) is 2.30. The van der Waals surface area contributed by atoms with Crippen LogP contribution in [0, 0.1) is 5.92 Å². The van der Waals surface area contributed by atoms with Gasteiger partial charge in [0.2, 0.25) is 5.91 Å². The first-order chi connectivity index (χ1) is 15.0. The number of anilines is 1. The first kappa shape index (κ1) is 21.9. The van der Waals surface area contributed by atoms with Crippen LogP contribution >= 0.6 is 11.6 Å². The van der Waals surface area contributed by atoms with E-state index in [4.69, 9.17) is 16.3 Å². The molecule has 1 saturated carbocycles. The highest BCUT2D eigenvalue weighted by atomic mass is 35.5. The number of carbonyl (C=O) groups is 2. The summed E-state index contributed by atoms with van der Waals surface area (Å²) in [5.74, 6) is 0.728. The molecule has 0 spiro atoms. The maximum absolute atomic E-state index is 12.6. The number of likely N-dealkylation sites (tertiary alicyclic amines) is 1. The fraction of sp³-hybridized carbons (Fsp3) is 0.714. The molecule has 10 heteroatoms. The lowest BCUT2D eigenvalue weighted by atomic mass is 9.87. The van der Waals surface area contributed by atoms with Crippen molar-refractivity contribution in [1.82, 2.24) is 20.4 Å². The number of H-pyrrole nitrogens is 1. The van der Waals surface area contributed by atoms with Gasteiger partial charge in [0.15, 0.2) is 0 Å². The minimum Gasteiger partial charge on any atom is -0.444 e. The molecule has 3 aliphatic rings. The quantitative estimate of drug-likeness (QED) is 0.711. The lowest BCUT2D eigenvalue weighted by Gasteiger charge is -2.24. The molecule has 0 bridgehead atoms. The standard InChI is InChI=1S/C21H30ClN5O4/c22-19-17(11-23-25-20(19)29)26-9-7-16(13-26)31-21(30)24-15-6-8-27(12-15)18(28)10-14-4-2-1-3-5-14/h11,14-16H,1-10,12-13H2,(H,24,30)(H,25,29)/t15-,16-/m1/s1. The molecule has 0 aromatic carbocycles. The Morgan fingerprint density at radius 1 is 1.16 bits per heavy atom. The molecular weight excluding hydrogens is 422 g/mol. The zero-order chi connectivity index (χ0) is 21.8. The molecule has 170 valence electrons. The number of nitrogens with zero attached hydrogens (tertiary/aromatic N) is 3. The Balaban J connectivity index is 1.20. The van der Waals surface area contributed by atoms with Gasteiger partial charge in [-0.1, -0.05) is 30.9 Å². The molecule has 1 aromatic heterocycles. The number of nitrogens with one attached hydrogen (secondary N) is 2. The van der Waals surface area contributed by atoms with E-state index in [0.717, 1.165) is 19.3 Å². The molecule has 2 aliphatic heterocycles. The van der Waals surface area contributed by atoms with Gasteiger partial charge in [-0.3, -0.25) is 9.59 Å². The third-order valence-electron chi connectivity index (χ3n) is 6.59. The molecule has 9 nitrogen and oxygen atoms in total. The van der Waals surface area contributed by atoms with Crippen molar-refractivity contribution in [2.75, 3.05) is 31.1 Å². The molecule has 31 heavy (non-hydrogen) atoms. The minimum atomic E-state index is -0.464. The number of hydrogen-bond acceptors (Lipinski definition) is 6. The number of hydrogen-bond donors (Lipinski definition) is 2. The first-order valence-electron chi connectivity index (χ1n) is 11.2. The fourth-order valence-electron chi connectivity index (χ4n) is 4.86. The summed E-state index contributed by atoms with van der Waals surface area (Å²) in [4.78, 5) is 40.3. The smallest absolute Gasteiger partial charge is 0.407 e. The number of halogens is 1. The number of aromatic nitrogens is 2. The fourth-order valence-corrected chi connectivity index (χ4v) is 5.07. The Labute approximate surface area is 186 Å². The van der Waals surface area contributed by atoms with Crippen LogP contribution in [0.5, 0.6) is 0 Å². The molecule has 2 saturated heterocycles. The van der Waals surface area contributed by atoms with Gasteiger partial charge in [-0.05, 0) is 25.2 Å². The van der Waals surface area contributed by atoms with E-state index in [-0.39, 0.29) is 23.1 Å². The van der Waals surface area contributed by atoms with E-state index in [9.17, 15) is 14.4 Å². The van der Waals surface area contributed by atoms with Crippen LogP contribution in [0.15, 0.2) is 11.0 Å². The van der Waals surface area contributed by atoms with Crippen molar-refractivity contribution in [3.05, 3.63) is 21.6 Å². The molecule has 1 aliphatic carbocycles. The average molecular weight is 452 g/mol. The molecular formula is C21H30ClN5O4. The number of carbonyl (C=O) groups excluding carboxylic acids is 2. The highest BCUT2D eigenvalue weighted by Crippen LogP contribution is 2.28. The second kappa shape index (κ2) is 9.89. The molecule has 2 N–H and O–H groups in total. The van der Waals surface area contributed by atoms with Gasteiger partial charge in [-0.25, -0.2) is 9.89 Å². The third kappa shape index (κ3) is 5.50. The van der Waals surface area contributed by atoms with Crippen molar-refractivity contribution < 1.29 is 14.3 Å². The maximum atomic E-state index is 12.6. The summed E-state index contributed by atoms with van der Waals surface area (Å²) in [6, 6.07) is -0.0772. The van der Waals surface area contributed by atoms with Crippen LogP contribution in [0.2, 0.25) is 5.02 Å². The zero-order valence-electron chi connectivity index (χ0n) is 17.6. The van der Waals surface area contributed by atoms with E-state index in [1.165, 1.54) is 25.5 Å². The first-order valence-corrected chi connectivity index (χ1v) is 11.6. The molecule has 2 atom stereocenters. The number of amides is 2. The lowest BCUT2D eigenvalue weighted by Crippen LogP contribution is -2.40. The lowest BCUT2D eigenvalue weighted by molar-refractivity contribution is -0.131. The topological polar surface area (TPSA) is 108 Å². The summed E-state index contributed by atoms with van der Waals surface area (Å²) in [5, 5.41) is 9.07. The molecule has 1 aromatic rings. The van der Waals surface area contributed by atoms with E-state index in [1.807, 2.05) is 9.80 Å². The summed E-state index contributed by atoms with van der Waals surface area (Å²) in [5.41, 5.74) is 0.102. The Morgan fingerprint density at radius 3 is 2.77 bits per heavy atom. The highest BCUT2D eigenvalue weighted by Gasteiger charge is 2.31. The highest BCUT2D eigenvalue weighted by molar-refractivity contribution is 6.33.